The second-order valence-corrected chi connectivity index (χ2v) is 6.61. The highest BCUT2D eigenvalue weighted by molar-refractivity contribution is 7.71. The van der Waals surface area contributed by atoms with Gasteiger partial charge in [0, 0.05) is 5.56 Å². The zero-order valence-electron chi connectivity index (χ0n) is 15.3. The molecule has 1 heterocycles. The highest BCUT2D eigenvalue weighted by Gasteiger charge is 2.13. The van der Waals surface area contributed by atoms with Crippen LogP contribution < -0.4 is 5.32 Å². The van der Waals surface area contributed by atoms with Crippen LogP contribution in [0.5, 0.6) is 0 Å². The van der Waals surface area contributed by atoms with Crippen molar-refractivity contribution in [2.24, 2.45) is 0 Å². The number of H-pyrrole nitrogens is 1. The van der Waals surface area contributed by atoms with Crippen molar-refractivity contribution in [3.63, 3.8) is 0 Å². The van der Waals surface area contributed by atoms with E-state index in [0.717, 1.165) is 16.7 Å². The molecule has 3 rings (SSSR count). The highest BCUT2D eigenvalue weighted by Crippen LogP contribution is 2.17. The van der Waals surface area contributed by atoms with Gasteiger partial charge in [-0.1, -0.05) is 60.2 Å². The number of nitrogens with one attached hydrogen (secondary N) is 2. The predicted octanol–water partition coefficient (Wildman–Crippen LogP) is 2.78. The number of nitrogens with zero attached hydrogens (tertiary/aromatic N) is 2. The molecule has 7 nitrogen and oxygen atoms in total. The third-order valence-corrected chi connectivity index (χ3v) is 4.35. The Morgan fingerprint density at radius 2 is 1.86 bits per heavy atom. The summed E-state index contributed by atoms with van der Waals surface area (Å²) in [5.74, 6) is -0.305. The van der Waals surface area contributed by atoms with E-state index in [1.54, 1.807) is 4.57 Å². The number of esters is 1. The summed E-state index contributed by atoms with van der Waals surface area (Å²) in [6.45, 7) is 1.90. The van der Waals surface area contributed by atoms with Crippen LogP contribution in [-0.4, -0.2) is 33.2 Å². The standard InChI is InChI=1S/C20H20N4O3S/c1-14-7-9-16(10-8-14)19-22-23-20(28)24(19)12-17(25)21-11-18(26)27-13-15-5-3-2-4-6-15/h2-10H,11-13H2,1H3,(H,21,25)(H,23,28). The van der Waals surface area contributed by atoms with Gasteiger partial charge in [-0.25, -0.2) is 0 Å². The summed E-state index contributed by atoms with van der Waals surface area (Å²) in [5.41, 5.74) is 2.85. The largest absolute Gasteiger partial charge is 0.460 e. The van der Waals surface area contributed by atoms with Crippen molar-refractivity contribution >= 4 is 24.1 Å². The van der Waals surface area contributed by atoms with Crippen LogP contribution in [0.4, 0.5) is 0 Å². The fourth-order valence-corrected chi connectivity index (χ4v) is 2.74. The van der Waals surface area contributed by atoms with Gasteiger partial charge in [0.05, 0.1) is 0 Å². The SMILES string of the molecule is Cc1ccc(-c2n[nH]c(=S)n2CC(=O)NCC(=O)OCc2ccccc2)cc1. The van der Waals surface area contributed by atoms with Gasteiger partial charge >= 0.3 is 5.97 Å². The molecule has 0 aliphatic rings. The van der Waals surface area contributed by atoms with Gasteiger partial charge in [-0.15, -0.1) is 0 Å². The van der Waals surface area contributed by atoms with Crippen LogP contribution in [0.25, 0.3) is 11.4 Å². The van der Waals surface area contributed by atoms with Gasteiger partial charge in [0.15, 0.2) is 10.6 Å². The van der Waals surface area contributed by atoms with Crippen LogP contribution in [0.2, 0.25) is 0 Å². The van der Waals surface area contributed by atoms with Gasteiger partial charge in [0.2, 0.25) is 5.91 Å². The van der Waals surface area contributed by atoms with E-state index in [1.807, 2.05) is 61.5 Å². The Kier molecular flexibility index (Phi) is 6.33. The van der Waals surface area contributed by atoms with Gasteiger partial charge in [-0.2, -0.15) is 5.10 Å². The van der Waals surface area contributed by atoms with E-state index in [1.165, 1.54) is 0 Å². The maximum Gasteiger partial charge on any atom is 0.325 e. The molecule has 2 N–H and O–H groups in total. The molecule has 28 heavy (non-hydrogen) atoms. The zero-order chi connectivity index (χ0) is 19.9. The Balaban J connectivity index is 1.55. The third kappa shape index (κ3) is 5.14. The topological polar surface area (TPSA) is 89.0 Å². The summed E-state index contributed by atoms with van der Waals surface area (Å²) in [6, 6.07) is 17.1. The Bertz CT molecular complexity index is 1010. The van der Waals surface area contributed by atoms with Crippen LogP contribution in [0.15, 0.2) is 54.6 Å². The lowest BCUT2D eigenvalue weighted by atomic mass is 10.1. The lowest BCUT2D eigenvalue weighted by Crippen LogP contribution is -2.33. The number of aryl methyl sites for hydroxylation is 1. The Hall–Kier alpha value is -3.26. The molecular weight excluding hydrogens is 376 g/mol. The van der Waals surface area contributed by atoms with Crippen LogP contribution in [0.1, 0.15) is 11.1 Å². The van der Waals surface area contributed by atoms with E-state index in [0.29, 0.717) is 10.6 Å². The van der Waals surface area contributed by atoms with Crippen molar-refractivity contribution in [1.29, 1.82) is 0 Å². The van der Waals surface area contributed by atoms with E-state index in [4.69, 9.17) is 17.0 Å². The Morgan fingerprint density at radius 1 is 1.14 bits per heavy atom. The van der Waals surface area contributed by atoms with Crippen LogP contribution in [0, 0.1) is 11.7 Å². The number of hydrogen-bond acceptors (Lipinski definition) is 5. The quantitative estimate of drug-likeness (QED) is 0.474. The lowest BCUT2D eigenvalue weighted by molar-refractivity contribution is -0.145. The number of carbonyl (C=O) groups excluding carboxylic acids is 2. The molecule has 8 heteroatoms. The first kappa shape index (κ1) is 19.5. The minimum absolute atomic E-state index is 0.0511. The van der Waals surface area contributed by atoms with E-state index < -0.39 is 5.97 Å². The summed E-state index contributed by atoms with van der Waals surface area (Å²) in [6.07, 6.45) is 0. The lowest BCUT2D eigenvalue weighted by Gasteiger charge is -2.09. The number of rotatable bonds is 7. The molecule has 0 saturated carbocycles. The van der Waals surface area contributed by atoms with Gasteiger partial charge in [0.1, 0.15) is 19.7 Å². The summed E-state index contributed by atoms with van der Waals surface area (Å²) in [4.78, 5) is 24.1. The fraction of sp³-hybridized carbons (Fsp3) is 0.200. The summed E-state index contributed by atoms with van der Waals surface area (Å²) < 4.78 is 7.06. The monoisotopic (exact) mass is 396 g/mol. The molecule has 0 radical (unpaired) electrons. The van der Waals surface area contributed by atoms with Crippen LogP contribution >= 0.6 is 12.2 Å². The summed E-state index contributed by atoms with van der Waals surface area (Å²) in [7, 11) is 0. The van der Waals surface area contributed by atoms with Crippen LogP contribution in [0.3, 0.4) is 0 Å². The predicted molar refractivity (Wildman–Crippen MR) is 107 cm³/mol. The van der Waals surface area contributed by atoms with Gasteiger partial charge in [0.25, 0.3) is 0 Å². The van der Waals surface area contributed by atoms with E-state index >= 15 is 0 Å². The number of carbonyl (C=O) groups is 2. The van der Waals surface area contributed by atoms with Crippen molar-refractivity contribution in [3.8, 4) is 11.4 Å². The second-order valence-electron chi connectivity index (χ2n) is 6.23. The van der Waals surface area contributed by atoms with E-state index in [2.05, 4.69) is 15.5 Å². The van der Waals surface area contributed by atoms with Crippen molar-refractivity contribution < 1.29 is 14.3 Å². The molecule has 0 aliphatic heterocycles. The first-order valence-corrected chi connectivity index (χ1v) is 9.12. The van der Waals surface area contributed by atoms with Crippen molar-refractivity contribution in [3.05, 3.63) is 70.5 Å². The average Bonchev–Trinajstić information content (AvgIpc) is 3.06. The molecule has 0 aliphatic carbocycles. The number of amides is 1. The molecule has 1 amide bonds. The normalized spacial score (nSPS) is 10.5. The number of aromatic nitrogens is 3. The molecule has 2 aromatic carbocycles. The van der Waals surface area contributed by atoms with Crippen molar-refractivity contribution in [1.82, 2.24) is 20.1 Å². The minimum atomic E-state index is -0.508. The molecule has 0 bridgehead atoms. The maximum absolute atomic E-state index is 12.3. The van der Waals surface area contributed by atoms with Crippen molar-refractivity contribution in [2.45, 2.75) is 20.1 Å². The molecular formula is C20H20N4O3S. The molecule has 0 fully saturated rings. The van der Waals surface area contributed by atoms with Gasteiger partial charge < -0.3 is 10.1 Å². The Morgan fingerprint density at radius 3 is 2.57 bits per heavy atom. The first-order chi connectivity index (χ1) is 13.5. The molecule has 144 valence electrons. The average molecular weight is 396 g/mol. The molecule has 0 saturated heterocycles. The number of benzene rings is 2. The van der Waals surface area contributed by atoms with Gasteiger partial charge in [-0.3, -0.25) is 19.3 Å². The van der Waals surface area contributed by atoms with E-state index in [9.17, 15) is 9.59 Å². The van der Waals surface area contributed by atoms with E-state index in [-0.39, 0.29) is 25.6 Å². The molecule has 1 aromatic heterocycles. The summed E-state index contributed by atoms with van der Waals surface area (Å²) >= 11 is 5.22. The second kappa shape index (κ2) is 9.09. The maximum atomic E-state index is 12.3. The zero-order valence-corrected chi connectivity index (χ0v) is 16.2. The number of ether oxygens (including phenoxy) is 1. The molecule has 0 spiro atoms. The van der Waals surface area contributed by atoms with Crippen molar-refractivity contribution in [2.75, 3.05) is 6.54 Å². The highest BCUT2D eigenvalue weighted by atomic mass is 32.1. The van der Waals surface area contributed by atoms with Crippen LogP contribution in [-0.2, 0) is 27.5 Å². The minimum Gasteiger partial charge on any atom is -0.460 e. The van der Waals surface area contributed by atoms with Gasteiger partial charge in [-0.05, 0) is 24.7 Å². The molecule has 0 atom stereocenters. The number of aromatic amines is 1. The first-order valence-electron chi connectivity index (χ1n) is 8.71. The molecule has 0 unspecified atom stereocenters. The molecule has 3 aromatic rings. The number of hydrogen-bond donors (Lipinski definition) is 2. The summed E-state index contributed by atoms with van der Waals surface area (Å²) in [5, 5.41) is 9.45. The smallest absolute Gasteiger partial charge is 0.325 e. The Labute approximate surface area is 167 Å². The third-order valence-electron chi connectivity index (χ3n) is 4.04. The fourth-order valence-electron chi connectivity index (χ4n) is 2.55.